The van der Waals surface area contributed by atoms with Crippen molar-refractivity contribution in [2.24, 2.45) is 0 Å². The molecule has 0 aliphatic heterocycles. The van der Waals surface area contributed by atoms with E-state index in [1.54, 1.807) is 0 Å². The highest BCUT2D eigenvalue weighted by Crippen LogP contribution is 2.30. The van der Waals surface area contributed by atoms with Crippen molar-refractivity contribution in [3.05, 3.63) is 82.9 Å². The molecule has 3 aromatic carbocycles. The van der Waals surface area contributed by atoms with Crippen molar-refractivity contribution >= 4 is 22.6 Å². The van der Waals surface area contributed by atoms with Crippen LogP contribution in [0.2, 0.25) is 5.02 Å². The quantitative estimate of drug-likeness (QED) is 0.423. The third kappa shape index (κ3) is 3.56. The number of halogens is 1. The lowest BCUT2D eigenvalue weighted by Crippen LogP contribution is -2.10. The fourth-order valence-corrected chi connectivity index (χ4v) is 3.48. The first-order valence-electron chi connectivity index (χ1n) is 9.04. The smallest absolute Gasteiger partial charge is 0.142 e. The zero-order valence-electron chi connectivity index (χ0n) is 15.4. The fourth-order valence-electron chi connectivity index (χ4n) is 3.26. The molecule has 0 N–H and O–H groups in total. The molecular weight excluding hydrogens is 356 g/mol. The highest BCUT2D eigenvalue weighted by atomic mass is 35.5. The Labute approximate surface area is 164 Å². The summed E-state index contributed by atoms with van der Waals surface area (Å²) >= 11 is 6.44. The average molecular weight is 377 g/mol. The number of benzene rings is 3. The van der Waals surface area contributed by atoms with Gasteiger partial charge in [-0.2, -0.15) is 0 Å². The first-order valence-corrected chi connectivity index (χ1v) is 9.41. The lowest BCUT2D eigenvalue weighted by atomic mass is 10.1. The van der Waals surface area contributed by atoms with Crippen molar-refractivity contribution < 1.29 is 4.74 Å². The van der Waals surface area contributed by atoms with Crippen LogP contribution in [0.25, 0.3) is 22.4 Å². The molecule has 0 radical (unpaired) electrons. The van der Waals surface area contributed by atoms with E-state index in [9.17, 15) is 0 Å². The maximum absolute atomic E-state index is 6.44. The Kier molecular flexibility index (Phi) is 4.87. The van der Waals surface area contributed by atoms with Crippen LogP contribution in [0.5, 0.6) is 5.75 Å². The molecule has 0 atom stereocenters. The van der Waals surface area contributed by atoms with Crippen molar-refractivity contribution in [1.29, 1.82) is 0 Å². The zero-order chi connectivity index (χ0) is 18.8. The Morgan fingerprint density at radius 2 is 1.74 bits per heavy atom. The molecular formula is C23H21ClN2O. The number of hydrogen-bond donors (Lipinski definition) is 0. The van der Waals surface area contributed by atoms with E-state index in [1.807, 2.05) is 42.5 Å². The van der Waals surface area contributed by atoms with Gasteiger partial charge in [0.25, 0.3) is 0 Å². The predicted octanol–water partition coefficient (Wildman–Crippen LogP) is 6.05. The molecule has 0 spiro atoms. The molecule has 0 saturated carbocycles. The normalized spacial score (nSPS) is 11.1. The average Bonchev–Trinajstić information content (AvgIpc) is 3.03. The maximum atomic E-state index is 6.44. The van der Waals surface area contributed by atoms with E-state index < -0.39 is 0 Å². The molecule has 1 aromatic heterocycles. The Morgan fingerprint density at radius 3 is 2.59 bits per heavy atom. The minimum atomic E-state index is 0.558. The minimum absolute atomic E-state index is 0.558. The van der Waals surface area contributed by atoms with Crippen LogP contribution in [0.3, 0.4) is 0 Å². The Hall–Kier alpha value is -2.78. The molecule has 0 saturated heterocycles. The lowest BCUT2D eigenvalue weighted by Gasteiger charge is -2.13. The number of para-hydroxylation sites is 2. The number of imidazole rings is 1. The van der Waals surface area contributed by atoms with Gasteiger partial charge in [-0.25, -0.2) is 4.98 Å². The number of fused-ring (bicyclic) bond motifs is 1. The summed E-state index contributed by atoms with van der Waals surface area (Å²) in [5.41, 5.74) is 5.31. The van der Waals surface area contributed by atoms with Crippen molar-refractivity contribution in [1.82, 2.24) is 9.55 Å². The molecule has 0 fully saturated rings. The monoisotopic (exact) mass is 376 g/mol. The summed E-state index contributed by atoms with van der Waals surface area (Å²) in [6.45, 7) is 5.39. The van der Waals surface area contributed by atoms with Crippen LogP contribution in [0.4, 0.5) is 0 Å². The molecule has 4 rings (SSSR count). The van der Waals surface area contributed by atoms with E-state index in [-0.39, 0.29) is 0 Å². The number of ether oxygens (including phenoxy) is 1. The van der Waals surface area contributed by atoms with Gasteiger partial charge in [-0.1, -0.05) is 48.0 Å². The van der Waals surface area contributed by atoms with Gasteiger partial charge in [-0.15, -0.1) is 0 Å². The Bertz CT molecular complexity index is 1100. The van der Waals surface area contributed by atoms with Crippen molar-refractivity contribution in [2.75, 3.05) is 6.61 Å². The van der Waals surface area contributed by atoms with E-state index in [1.165, 1.54) is 5.56 Å². The largest absolute Gasteiger partial charge is 0.491 e. The van der Waals surface area contributed by atoms with Gasteiger partial charge in [0.15, 0.2) is 0 Å². The summed E-state index contributed by atoms with van der Waals surface area (Å²) in [6, 6.07) is 22.2. The van der Waals surface area contributed by atoms with Crippen LogP contribution in [-0.4, -0.2) is 16.2 Å². The first kappa shape index (κ1) is 17.6. The maximum Gasteiger partial charge on any atom is 0.142 e. The molecule has 4 aromatic rings. The van der Waals surface area contributed by atoms with Crippen LogP contribution in [0.15, 0.2) is 66.7 Å². The molecule has 0 aliphatic carbocycles. The van der Waals surface area contributed by atoms with E-state index >= 15 is 0 Å². The predicted molar refractivity (Wildman–Crippen MR) is 112 cm³/mol. The summed E-state index contributed by atoms with van der Waals surface area (Å²) in [6.07, 6.45) is 0. The molecule has 4 heteroatoms. The second kappa shape index (κ2) is 7.45. The Morgan fingerprint density at radius 1 is 0.963 bits per heavy atom. The van der Waals surface area contributed by atoms with Crippen molar-refractivity contribution in [3.8, 4) is 17.1 Å². The van der Waals surface area contributed by atoms with Gasteiger partial charge in [0.05, 0.1) is 22.6 Å². The SMILES string of the molecule is Cc1ccc(C)c(OCCn2c(-c3ccccc3Cl)nc3ccccc32)c1. The molecule has 1 heterocycles. The van der Waals surface area contributed by atoms with Crippen LogP contribution in [0, 0.1) is 13.8 Å². The number of aromatic nitrogens is 2. The molecule has 27 heavy (non-hydrogen) atoms. The number of hydrogen-bond acceptors (Lipinski definition) is 2. The van der Waals surface area contributed by atoms with Gasteiger partial charge >= 0.3 is 0 Å². The van der Waals surface area contributed by atoms with E-state index in [2.05, 4.69) is 42.7 Å². The topological polar surface area (TPSA) is 27.1 Å². The van der Waals surface area contributed by atoms with Gasteiger partial charge in [0, 0.05) is 5.56 Å². The highest BCUT2D eigenvalue weighted by molar-refractivity contribution is 6.33. The second-order valence-corrected chi connectivity index (χ2v) is 7.08. The standard InChI is InChI=1S/C23H21ClN2O/c1-16-11-12-17(2)22(15-16)27-14-13-26-21-10-6-5-9-20(21)25-23(26)18-7-3-4-8-19(18)24/h3-12,15H,13-14H2,1-2H3. The zero-order valence-corrected chi connectivity index (χ0v) is 16.2. The van der Waals surface area contributed by atoms with Gasteiger partial charge in [0.2, 0.25) is 0 Å². The fraction of sp³-hybridized carbons (Fsp3) is 0.174. The van der Waals surface area contributed by atoms with E-state index in [4.69, 9.17) is 21.3 Å². The van der Waals surface area contributed by atoms with Crippen molar-refractivity contribution in [3.63, 3.8) is 0 Å². The third-order valence-electron chi connectivity index (χ3n) is 4.69. The van der Waals surface area contributed by atoms with Gasteiger partial charge < -0.3 is 9.30 Å². The minimum Gasteiger partial charge on any atom is -0.491 e. The molecule has 0 unspecified atom stereocenters. The highest BCUT2D eigenvalue weighted by Gasteiger charge is 2.14. The number of nitrogens with zero attached hydrogens (tertiary/aromatic N) is 2. The second-order valence-electron chi connectivity index (χ2n) is 6.67. The third-order valence-corrected chi connectivity index (χ3v) is 5.02. The molecule has 0 amide bonds. The summed E-state index contributed by atoms with van der Waals surface area (Å²) in [7, 11) is 0. The van der Waals surface area contributed by atoms with Gasteiger partial charge in [0.1, 0.15) is 18.2 Å². The lowest BCUT2D eigenvalue weighted by molar-refractivity contribution is 0.299. The molecule has 136 valence electrons. The molecule has 0 aliphatic rings. The Balaban J connectivity index is 1.67. The van der Waals surface area contributed by atoms with Crippen LogP contribution >= 0.6 is 11.6 Å². The van der Waals surface area contributed by atoms with Crippen LogP contribution in [0.1, 0.15) is 11.1 Å². The van der Waals surface area contributed by atoms with Crippen LogP contribution < -0.4 is 4.74 Å². The summed E-state index contributed by atoms with van der Waals surface area (Å²) in [5, 5.41) is 0.699. The number of rotatable bonds is 5. The molecule has 0 bridgehead atoms. The van der Waals surface area contributed by atoms with E-state index in [0.29, 0.717) is 18.2 Å². The van der Waals surface area contributed by atoms with Gasteiger partial charge in [-0.05, 0) is 55.3 Å². The summed E-state index contributed by atoms with van der Waals surface area (Å²) in [5.74, 6) is 1.80. The first-order chi connectivity index (χ1) is 13.1. The van der Waals surface area contributed by atoms with Crippen molar-refractivity contribution in [2.45, 2.75) is 20.4 Å². The number of aryl methyl sites for hydroxylation is 2. The van der Waals surface area contributed by atoms with Crippen LogP contribution in [-0.2, 0) is 6.54 Å². The summed E-state index contributed by atoms with van der Waals surface area (Å²) < 4.78 is 8.26. The molecule has 3 nitrogen and oxygen atoms in total. The van der Waals surface area contributed by atoms with E-state index in [0.717, 1.165) is 33.7 Å². The van der Waals surface area contributed by atoms with Gasteiger partial charge in [-0.3, -0.25) is 0 Å². The summed E-state index contributed by atoms with van der Waals surface area (Å²) in [4.78, 5) is 4.82.